The van der Waals surface area contributed by atoms with Crippen molar-refractivity contribution < 1.29 is 23.5 Å². The van der Waals surface area contributed by atoms with E-state index in [9.17, 15) is 14.0 Å². The molecule has 158 valence electrons. The lowest BCUT2D eigenvalue weighted by atomic mass is 10.1. The average Bonchev–Trinajstić information content (AvgIpc) is 3.59. The van der Waals surface area contributed by atoms with E-state index in [0.717, 1.165) is 12.0 Å². The zero-order valence-electron chi connectivity index (χ0n) is 17.1. The first-order valence-electron chi connectivity index (χ1n) is 10.1. The van der Waals surface area contributed by atoms with E-state index in [2.05, 4.69) is 0 Å². The van der Waals surface area contributed by atoms with Crippen LogP contribution < -0.4 is 9.47 Å². The quantitative estimate of drug-likeness (QED) is 0.758. The minimum Gasteiger partial charge on any atom is -0.497 e. The van der Waals surface area contributed by atoms with Crippen molar-refractivity contribution in [1.82, 2.24) is 9.80 Å². The molecular weight excluding hydrogens is 387 g/mol. The van der Waals surface area contributed by atoms with Crippen molar-refractivity contribution in [1.29, 1.82) is 0 Å². The lowest BCUT2D eigenvalue weighted by Gasteiger charge is -2.35. The van der Waals surface area contributed by atoms with Crippen LogP contribution >= 0.6 is 0 Å². The molecule has 2 aromatic rings. The smallest absolute Gasteiger partial charge is 0.254 e. The standard InChI is InChI=1S/C23H25FN2O4/c1-29-18-11-16(12-19(13-18)30-2)22(27)25-7-9-26(10-8-25)23(28)21-14-20(21)15-3-5-17(24)6-4-15/h3-6,11-13,20-21H,7-10,14H2,1-2H3. The molecule has 1 saturated heterocycles. The summed E-state index contributed by atoms with van der Waals surface area (Å²) < 4.78 is 23.6. The maximum absolute atomic E-state index is 13.1. The minimum absolute atomic E-state index is 0.0413. The first-order valence-corrected chi connectivity index (χ1v) is 10.1. The van der Waals surface area contributed by atoms with E-state index < -0.39 is 0 Å². The molecule has 2 aliphatic rings. The van der Waals surface area contributed by atoms with Crippen LogP contribution in [0, 0.1) is 11.7 Å². The molecule has 1 saturated carbocycles. The third-order valence-corrected chi connectivity index (χ3v) is 5.88. The number of hydrogen-bond donors (Lipinski definition) is 0. The second-order valence-corrected chi connectivity index (χ2v) is 7.72. The topological polar surface area (TPSA) is 59.1 Å². The number of hydrogen-bond acceptors (Lipinski definition) is 4. The van der Waals surface area contributed by atoms with E-state index in [1.54, 1.807) is 49.5 Å². The number of amides is 2. The summed E-state index contributed by atoms with van der Waals surface area (Å²) in [7, 11) is 3.09. The van der Waals surface area contributed by atoms with Crippen LogP contribution in [0.1, 0.15) is 28.3 Å². The molecule has 2 amide bonds. The van der Waals surface area contributed by atoms with Gasteiger partial charge in [0.15, 0.2) is 0 Å². The molecule has 0 N–H and O–H groups in total. The second kappa shape index (κ2) is 8.34. The second-order valence-electron chi connectivity index (χ2n) is 7.72. The van der Waals surface area contributed by atoms with Crippen LogP contribution in [-0.4, -0.2) is 62.0 Å². The molecule has 1 aliphatic heterocycles. The number of rotatable bonds is 5. The van der Waals surface area contributed by atoms with Gasteiger partial charge in [-0.2, -0.15) is 0 Å². The van der Waals surface area contributed by atoms with E-state index >= 15 is 0 Å². The van der Waals surface area contributed by atoms with Crippen LogP contribution in [0.5, 0.6) is 11.5 Å². The van der Waals surface area contributed by atoms with Gasteiger partial charge in [-0.15, -0.1) is 0 Å². The molecule has 2 atom stereocenters. The monoisotopic (exact) mass is 412 g/mol. The molecule has 6 nitrogen and oxygen atoms in total. The van der Waals surface area contributed by atoms with Crippen molar-refractivity contribution in [2.45, 2.75) is 12.3 Å². The first-order chi connectivity index (χ1) is 14.5. The van der Waals surface area contributed by atoms with Gasteiger partial charge in [0.2, 0.25) is 5.91 Å². The first kappa shape index (κ1) is 20.2. The Hall–Kier alpha value is -3.09. The van der Waals surface area contributed by atoms with Crippen molar-refractivity contribution in [3.63, 3.8) is 0 Å². The number of methoxy groups -OCH3 is 2. The number of benzene rings is 2. The number of carbonyl (C=O) groups excluding carboxylic acids is 2. The number of piperazine rings is 1. The van der Waals surface area contributed by atoms with Crippen molar-refractivity contribution in [2.75, 3.05) is 40.4 Å². The maximum atomic E-state index is 13.1. The highest BCUT2D eigenvalue weighted by Gasteiger charge is 2.46. The Kier molecular flexibility index (Phi) is 5.61. The fraction of sp³-hybridized carbons (Fsp3) is 0.391. The fourth-order valence-electron chi connectivity index (χ4n) is 4.02. The molecular formula is C23H25FN2O4. The van der Waals surface area contributed by atoms with Crippen LogP contribution in [-0.2, 0) is 4.79 Å². The normalized spacial score (nSPS) is 20.6. The Morgan fingerprint density at radius 1 is 0.900 bits per heavy atom. The summed E-state index contributed by atoms with van der Waals surface area (Å²) in [5, 5.41) is 0. The Labute approximate surface area is 175 Å². The summed E-state index contributed by atoms with van der Waals surface area (Å²) in [6, 6.07) is 11.5. The van der Waals surface area contributed by atoms with E-state index in [-0.39, 0.29) is 29.5 Å². The van der Waals surface area contributed by atoms with Gasteiger partial charge in [0, 0.05) is 43.7 Å². The third kappa shape index (κ3) is 4.10. The van der Waals surface area contributed by atoms with Gasteiger partial charge in [-0.25, -0.2) is 4.39 Å². The summed E-state index contributed by atoms with van der Waals surface area (Å²) in [5.74, 6) is 1.01. The Morgan fingerprint density at radius 2 is 1.47 bits per heavy atom. The molecule has 0 radical (unpaired) electrons. The summed E-state index contributed by atoms with van der Waals surface area (Å²) in [4.78, 5) is 29.3. The van der Waals surface area contributed by atoms with Gasteiger partial charge >= 0.3 is 0 Å². The van der Waals surface area contributed by atoms with Crippen molar-refractivity contribution in [3.8, 4) is 11.5 Å². The van der Waals surface area contributed by atoms with Gasteiger partial charge < -0.3 is 19.3 Å². The lowest BCUT2D eigenvalue weighted by molar-refractivity contribution is -0.134. The van der Waals surface area contributed by atoms with Gasteiger partial charge in [-0.3, -0.25) is 9.59 Å². The van der Waals surface area contributed by atoms with Crippen LogP contribution in [0.4, 0.5) is 4.39 Å². The van der Waals surface area contributed by atoms with Gasteiger partial charge in [-0.1, -0.05) is 12.1 Å². The summed E-state index contributed by atoms with van der Waals surface area (Å²) in [6.07, 6.45) is 0.799. The van der Waals surface area contributed by atoms with Crippen molar-refractivity contribution in [2.24, 2.45) is 5.92 Å². The molecule has 0 bridgehead atoms. The Bertz CT molecular complexity index is 916. The molecule has 2 fully saturated rings. The molecule has 4 rings (SSSR count). The molecule has 30 heavy (non-hydrogen) atoms. The average molecular weight is 412 g/mol. The van der Waals surface area contributed by atoms with Crippen LogP contribution in [0.15, 0.2) is 42.5 Å². The van der Waals surface area contributed by atoms with Gasteiger partial charge in [-0.05, 0) is 42.2 Å². The Balaban J connectivity index is 1.34. The van der Waals surface area contributed by atoms with Crippen LogP contribution in [0.3, 0.4) is 0 Å². The summed E-state index contributed by atoms with van der Waals surface area (Å²) >= 11 is 0. The van der Waals surface area contributed by atoms with E-state index in [1.807, 2.05) is 4.90 Å². The Morgan fingerprint density at radius 3 is 2.03 bits per heavy atom. The number of halogens is 1. The zero-order valence-corrected chi connectivity index (χ0v) is 17.1. The molecule has 2 unspecified atom stereocenters. The van der Waals surface area contributed by atoms with Gasteiger partial charge in [0.1, 0.15) is 17.3 Å². The predicted octanol–water partition coefficient (Wildman–Crippen LogP) is 2.93. The van der Waals surface area contributed by atoms with E-state index in [1.165, 1.54) is 12.1 Å². The summed E-state index contributed by atoms with van der Waals surface area (Å²) in [5.41, 5.74) is 1.51. The van der Waals surface area contributed by atoms with E-state index in [4.69, 9.17) is 9.47 Å². The third-order valence-electron chi connectivity index (χ3n) is 5.88. The zero-order chi connectivity index (χ0) is 21.3. The molecule has 1 aliphatic carbocycles. The minimum atomic E-state index is -0.267. The van der Waals surface area contributed by atoms with Crippen molar-refractivity contribution in [3.05, 3.63) is 59.4 Å². The molecule has 0 spiro atoms. The summed E-state index contributed by atoms with van der Waals surface area (Å²) in [6.45, 7) is 1.99. The molecule has 0 aromatic heterocycles. The van der Waals surface area contributed by atoms with E-state index in [0.29, 0.717) is 43.2 Å². The van der Waals surface area contributed by atoms with Gasteiger partial charge in [0.05, 0.1) is 14.2 Å². The highest BCUT2D eigenvalue weighted by Crippen LogP contribution is 2.48. The van der Waals surface area contributed by atoms with Crippen LogP contribution in [0.2, 0.25) is 0 Å². The molecule has 1 heterocycles. The maximum Gasteiger partial charge on any atom is 0.254 e. The number of ether oxygens (including phenoxy) is 2. The fourth-order valence-corrected chi connectivity index (χ4v) is 4.02. The van der Waals surface area contributed by atoms with Crippen LogP contribution in [0.25, 0.3) is 0 Å². The number of carbonyl (C=O) groups is 2. The SMILES string of the molecule is COc1cc(OC)cc(C(=O)N2CCN(C(=O)C3CC3c3ccc(F)cc3)CC2)c1. The predicted molar refractivity (Wildman–Crippen MR) is 109 cm³/mol. The largest absolute Gasteiger partial charge is 0.497 e. The molecule has 2 aromatic carbocycles. The molecule has 7 heteroatoms. The lowest BCUT2D eigenvalue weighted by Crippen LogP contribution is -2.51. The highest BCUT2D eigenvalue weighted by atomic mass is 19.1. The number of nitrogens with zero attached hydrogens (tertiary/aromatic N) is 2. The van der Waals surface area contributed by atoms with Gasteiger partial charge in [0.25, 0.3) is 5.91 Å². The van der Waals surface area contributed by atoms with Crippen molar-refractivity contribution >= 4 is 11.8 Å². The highest BCUT2D eigenvalue weighted by molar-refractivity contribution is 5.95.